The molecule has 5 N–H and O–H groups in total. The molecule has 8 nitrogen and oxygen atoms in total. The molecule has 0 aliphatic carbocycles. The number of carbonyl (C=O) groups excluding carboxylic acids is 1. The Morgan fingerprint density at radius 2 is 1.17 bits per heavy atom. The van der Waals surface area contributed by atoms with Gasteiger partial charge in [-0.05, 0) is 6.42 Å². The van der Waals surface area contributed by atoms with E-state index in [2.05, 4.69) is 12.2 Å². The third-order valence-electron chi connectivity index (χ3n) is 4.42. The predicted molar refractivity (Wildman–Crippen MR) is 115 cm³/mol. The molecule has 0 fully saturated rings. The Kier molecular flexibility index (Phi) is 25.7. The van der Waals surface area contributed by atoms with Crippen molar-refractivity contribution in [3.63, 3.8) is 0 Å². The summed E-state index contributed by atoms with van der Waals surface area (Å²) in [5, 5.41) is 36.5. The number of carboxylic acid groups (broad SMARTS) is 1. The van der Waals surface area contributed by atoms with Crippen LogP contribution in [-0.4, -0.2) is 83.2 Å². The minimum Gasteiger partial charge on any atom is -0.481 e. The van der Waals surface area contributed by atoms with Crippen LogP contribution in [0, 0.1) is 0 Å². The monoisotopic (exact) mass is 420 g/mol. The van der Waals surface area contributed by atoms with Crippen LogP contribution < -0.4 is 5.32 Å². The minimum atomic E-state index is -0.872. The molecule has 0 unspecified atom stereocenters. The second kappa shape index (κ2) is 24.8. The SMILES string of the molecule is CCCCCCCCCCCC(=O)NCCC(=O)O.OCCN(CCO)CCO. The van der Waals surface area contributed by atoms with E-state index in [0.29, 0.717) is 26.1 Å². The fourth-order valence-corrected chi connectivity index (χ4v) is 2.75. The number of hydrogen-bond donors (Lipinski definition) is 5. The maximum absolute atomic E-state index is 11.3. The summed E-state index contributed by atoms with van der Waals surface area (Å²) in [6.07, 6.45) is 11.6. The van der Waals surface area contributed by atoms with E-state index in [9.17, 15) is 9.59 Å². The van der Waals surface area contributed by atoms with E-state index in [1.165, 1.54) is 44.9 Å². The standard InChI is InChI=1S/C15H29NO3.C6H15NO3/c1-2-3-4-5-6-7-8-9-10-11-14(17)16-13-12-15(18)19;8-4-1-7(2-5-9)3-6-10/h2-13H2,1H3,(H,16,17)(H,18,19);8-10H,1-6H2. The minimum absolute atomic E-state index is 0.00347. The smallest absolute Gasteiger partial charge is 0.305 e. The number of hydrogen-bond acceptors (Lipinski definition) is 6. The molecule has 1 amide bonds. The number of rotatable bonds is 19. The number of aliphatic hydroxyl groups excluding tert-OH is 3. The molecule has 0 aromatic carbocycles. The van der Waals surface area contributed by atoms with Crippen molar-refractivity contribution in [2.24, 2.45) is 0 Å². The second-order valence-corrected chi connectivity index (χ2v) is 7.08. The van der Waals surface area contributed by atoms with Gasteiger partial charge in [-0.25, -0.2) is 0 Å². The Morgan fingerprint density at radius 1 is 0.724 bits per heavy atom. The number of unbranched alkanes of at least 4 members (excludes halogenated alkanes) is 8. The van der Waals surface area contributed by atoms with Gasteiger partial charge in [-0.3, -0.25) is 14.5 Å². The third-order valence-corrected chi connectivity index (χ3v) is 4.42. The molecule has 0 saturated carbocycles. The lowest BCUT2D eigenvalue weighted by Crippen LogP contribution is -2.32. The van der Waals surface area contributed by atoms with Gasteiger partial charge in [0.25, 0.3) is 0 Å². The van der Waals surface area contributed by atoms with Crippen molar-refractivity contribution < 1.29 is 30.0 Å². The van der Waals surface area contributed by atoms with Gasteiger partial charge in [-0.2, -0.15) is 0 Å². The number of nitrogens with zero attached hydrogens (tertiary/aromatic N) is 1. The molecule has 0 aliphatic heterocycles. The van der Waals surface area contributed by atoms with Gasteiger partial charge in [0.1, 0.15) is 0 Å². The largest absolute Gasteiger partial charge is 0.481 e. The lowest BCUT2D eigenvalue weighted by Gasteiger charge is -2.17. The molecule has 0 heterocycles. The molecule has 0 radical (unpaired) electrons. The number of amides is 1. The summed E-state index contributed by atoms with van der Waals surface area (Å²) < 4.78 is 0. The Bertz CT molecular complexity index is 355. The fraction of sp³-hybridized carbons (Fsp3) is 0.905. The van der Waals surface area contributed by atoms with E-state index < -0.39 is 5.97 Å². The van der Waals surface area contributed by atoms with Gasteiger partial charge in [-0.1, -0.05) is 58.3 Å². The Labute approximate surface area is 176 Å². The van der Waals surface area contributed by atoms with Crippen LogP contribution in [0.25, 0.3) is 0 Å². The summed E-state index contributed by atoms with van der Waals surface area (Å²) in [7, 11) is 0. The summed E-state index contributed by atoms with van der Waals surface area (Å²) in [6.45, 7) is 4.22. The molecule has 0 saturated heterocycles. The zero-order valence-electron chi connectivity index (χ0n) is 18.3. The van der Waals surface area contributed by atoms with Gasteiger partial charge >= 0.3 is 5.97 Å². The summed E-state index contributed by atoms with van der Waals surface area (Å²) in [6, 6.07) is 0. The molecule has 0 aliphatic rings. The molecule has 29 heavy (non-hydrogen) atoms. The first-order valence-corrected chi connectivity index (χ1v) is 11.0. The molecule has 174 valence electrons. The number of aliphatic hydroxyl groups is 3. The first kappa shape index (κ1) is 30.0. The van der Waals surface area contributed by atoms with E-state index >= 15 is 0 Å². The highest BCUT2D eigenvalue weighted by Crippen LogP contribution is 2.10. The predicted octanol–water partition coefficient (Wildman–Crippen LogP) is 1.76. The van der Waals surface area contributed by atoms with E-state index in [1.54, 1.807) is 4.90 Å². The van der Waals surface area contributed by atoms with Crippen molar-refractivity contribution in [2.45, 2.75) is 77.6 Å². The van der Waals surface area contributed by atoms with Crippen LogP contribution >= 0.6 is 0 Å². The van der Waals surface area contributed by atoms with Crippen molar-refractivity contribution in [1.82, 2.24) is 10.2 Å². The van der Waals surface area contributed by atoms with Crippen LogP contribution in [0.15, 0.2) is 0 Å². The highest BCUT2D eigenvalue weighted by Gasteiger charge is 2.02. The van der Waals surface area contributed by atoms with E-state index in [0.717, 1.165) is 12.8 Å². The van der Waals surface area contributed by atoms with Gasteiger partial charge in [-0.15, -0.1) is 0 Å². The lowest BCUT2D eigenvalue weighted by molar-refractivity contribution is -0.136. The average Bonchev–Trinajstić information content (AvgIpc) is 2.67. The summed E-state index contributed by atoms with van der Waals surface area (Å²) in [5.41, 5.74) is 0. The highest BCUT2D eigenvalue weighted by atomic mass is 16.4. The number of carboxylic acids is 1. The van der Waals surface area contributed by atoms with Crippen molar-refractivity contribution in [3.05, 3.63) is 0 Å². The average molecular weight is 421 g/mol. The topological polar surface area (TPSA) is 130 Å². The summed E-state index contributed by atoms with van der Waals surface area (Å²) in [5.74, 6) is -0.896. The molecular formula is C21H44N2O6. The lowest BCUT2D eigenvalue weighted by atomic mass is 10.1. The van der Waals surface area contributed by atoms with Crippen LogP contribution in [0.3, 0.4) is 0 Å². The van der Waals surface area contributed by atoms with Crippen LogP contribution in [0.2, 0.25) is 0 Å². The third kappa shape index (κ3) is 26.8. The van der Waals surface area contributed by atoms with Gasteiger partial charge in [0.2, 0.25) is 5.91 Å². The van der Waals surface area contributed by atoms with Gasteiger partial charge < -0.3 is 25.7 Å². The first-order chi connectivity index (χ1) is 14.0. The van der Waals surface area contributed by atoms with E-state index in [4.69, 9.17) is 20.4 Å². The van der Waals surface area contributed by atoms with Gasteiger partial charge in [0.15, 0.2) is 0 Å². The number of carbonyl (C=O) groups is 2. The van der Waals surface area contributed by atoms with Crippen molar-refractivity contribution >= 4 is 11.9 Å². The quantitative estimate of drug-likeness (QED) is 0.201. The van der Waals surface area contributed by atoms with Crippen molar-refractivity contribution in [1.29, 1.82) is 0 Å². The molecule has 0 rings (SSSR count). The van der Waals surface area contributed by atoms with E-state index in [-0.39, 0.29) is 38.7 Å². The Morgan fingerprint density at radius 3 is 1.59 bits per heavy atom. The highest BCUT2D eigenvalue weighted by molar-refractivity contribution is 5.76. The Balaban J connectivity index is 0. The normalized spacial score (nSPS) is 10.5. The second-order valence-electron chi connectivity index (χ2n) is 7.08. The molecule has 0 aromatic heterocycles. The summed E-state index contributed by atoms with van der Waals surface area (Å²) >= 11 is 0. The maximum atomic E-state index is 11.3. The molecule has 0 aromatic rings. The zero-order valence-corrected chi connectivity index (χ0v) is 18.3. The molecular weight excluding hydrogens is 376 g/mol. The van der Waals surface area contributed by atoms with Crippen molar-refractivity contribution in [2.75, 3.05) is 46.0 Å². The van der Waals surface area contributed by atoms with Crippen molar-refractivity contribution in [3.8, 4) is 0 Å². The van der Waals surface area contributed by atoms with Crippen LogP contribution in [0.4, 0.5) is 0 Å². The molecule has 0 spiro atoms. The molecule has 0 atom stereocenters. The Hall–Kier alpha value is -1.22. The maximum Gasteiger partial charge on any atom is 0.305 e. The molecule has 0 bridgehead atoms. The number of aliphatic carboxylic acids is 1. The van der Waals surface area contributed by atoms with Crippen LogP contribution in [-0.2, 0) is 9.59 Å². The molecule has 8 heteroatoms. The fourth-order valence-electron chi connectivity index (χ4n) is 2.75. The number of nitrogens with one attached hydrogen (secondary N) is 1. The van der Waals surface area contributed by atoms with Crippen LogP contribution in [0.5, 0.6) is 0 Å². The first-order valence-electron chi connectivity index (χ1n) is 11.0. The van der Waals surface area contributed by atoms with Gasteiger partial charge in [0, 0.05) is 32.6 Å². The zero-order chi connectivity index (χ0) is 22.2. The van der Waals surface area contributed by atoms with Gasteiger partial charge in [0.05, 0.1) is 26.2 Å². The summed E-state index contributed by atoms with van der Waals surface area (Å²) in [4.78, 5) is 23.4. The van der Waals surface area contributed by atoms with Crippen LogP contribution in [0.1, 0.15) is 77.6 Å². The van der Waals surface area contributed by atoms with E-state index in [1.807, 2.05) is 0 Å².